The number of aromatic nitrogens is 6. The number of aryl methyl sites for hydroxylation is 3. The molecule has 0 saturated heterocycles. The number of amides is 1. The molecule has 3 aromatic heterocycles. The number of nitrogens with zero attached hydrogens (tertiary/aromatic N) is 5. The molecule has 1 aliphatic rings. The number of rotatable bonds is 7. The monoisotopic (exact) mass is 415 g/mol. The predicted octanol–water partition coefficient (Wildman–Crippen LogP) is 2.43. The molecular formula is C19H25N7O2S. The number of pyridine rings is 1. The summed E-state index contributed by atoms with van der Waals surface area (Å²) in [5.74, 6) is 1.31. The Morgan fingerprint density at radius 1 is 1.38 bits per heavy atom. The first kappa shape index (κ1) is 19.6. The van der Waals surface area contributed by atoms with Crippen LogP contribution in [-0.2, 0) is 24.8 Å². The molecule has 3 heterocycles. The number of nitrogens with one attached hydrogen (secondary N) is 2. The maximum absolute atomic E-state index is 12.5. The quantitative estimate of drug-likeness (QED) is 0.575. The second-order valence-electron chi connectivity index (χ2n) is 7.46. The van der Waals surface area contributed by atoms with Gasteiger partial charge in [-0.05, 0) is 56.5 Å². The van der Waals surface area contributed by atoms with Crippen LogP contribution in [0.2, 0.25) is 0 Å². The van der Waals surface area contributed by atoms with Crippen LogP contribution in [0.4, 0.5) is 0 Å². The van der Waals surface area contributed by atoms with Crippen molar-refractivity contribution >= 4 is 29.2 Å². The summed E-state index contributed by atoms with van der Waals surface area (Å²) in [6, 6.07) is 0.422. The Labute approximate surface area is 173 Å². The van der Waals surface area contributed by atoms with Crippen molar-refractivity contribution in [2.45, 2.75) is 52.1 Å². The van der Waals surface area contributed by atoms with Gasteiger partial charge in [0.25, 0.3) is 0 Å². The highest BCUT2D eigenvalue weighted by atomic mass is 32.1. The minimum absolute atomic E-state index is 0.0293. The van der Waals surface area contributed by atoms with E-state index in [-0.39, 0.29) is 5.91 Å². The van der Waals surface area contributed by atoms with Crippen LogP contribution >= 0.6 is 12.2 Å². The Morgan fingerprint density at radius 2 is 2.14 bits per heavy atom. The highest BCUT2D eigenvalue weighted by molar-refractivity contribution is 7.71. The number of H-pyrrole nitrogens is 1. The predicted molar refractivity (Wildman–Crippen MR) is 110 cm³/mol. The van der Waals surface area contributed by atoms with E-state index in [2.05, 4.69) is 25.6 Å². The number of methoxy groups -OCH3 is 1. The van der Waals surface area contributed by atoms with Crippen molar-refractivity contribution in [3.05, 3.63) is 27.4 Å². The number of hydrogen-bond acceptors (Lipinski definition) is 6. The van der Waals surface area contributed by atoms with Gasteiger partial charge in [0.2, 0.25) is 11.8 Å². The molecule has 1 amide bonds. The third-order valence-corrected chi connectivity index (χ3v) is 5.74. The molecule has 0 spiro atoms. The lowest BCUT2D eigenvalue weighted by Crippen LogP contribution is -2.25. The van der Waals surface area contributed by atoms with Gasteiger partial charge in [0.05, 0.1) is 19.0 Å². The maximum atomic E-state index is 12.5. The molecule has 1 aliphatic carbocycles. The van der Waals surface area contributed by atoms with E-state index in [4.69, 9.17) is 17.0 Å². The SMILES string of the molecule is COc1nn(C)c2nc(C)c(CCC(=O)NCc3n[nH]c(=S)n3C3CC3)c(C)c12. The fraction of sp³-hybridized carbons (Fsp3) is 0.526. The van der Waals surface area contributed by atoms with Crippen molar-refractivity contribution < 1.29 is 9.53 Å². The average molecular weight is 416 g/mol. The lowest BCUT2D eigenvalue weighted by Gasteiger charge is -2.11. The molecule has 2 N–H and O–H groups in total. The van der Waals surface area contributed by atoms with Gasteiger partial charge in [0.15, 0.2) is 16.2 Å². The van der Waals surface area contributed by atoms with E-state index in [1.807, 2.05) is 25.5 Å². The minimum atomic E-state index is -0.0293. The van der Waals surface area contributed by atoms with Gasteiger partial charge in [0.1, 0.15) is 0 Å². The molecule has 29 heavy (non-hydrogen) atoms. The van der Waals surface area contributed by atoms with Crippen molar-refractivity contribution in [1.29, 1.82) is 0 Å². The number of ether oxygens (including phenoxy) is 1. The van der Waals surface area contributed by atoms with E-state index in [1.165, 1.54) is 0 Å². The third kappa shape index (κ3) is 3.64. The molecule has 0 unspecified atom stereocenters. The zero-order chi connectivity index (χ0) is 20.7. The summed E-state index contributed by atoms with van der Waals surface area (Å²) in [7, 11) is 3.45. The summed E-state index contributed by atoms with van der Waals surface area (Å²) < 4.78 is 9.75. The van der Waals surface area contributed by atoms with Crippen molar-refractivity contribution in [3.8, 4) is 5.88 Å². The topological polar surface area (TPSA) is 103 Å². The van der Waals surface area contributed by atoms with E-state index in [9.17, 15) is 4.79 Å². The van der Waals surface area contributed by atoms with Gasteiger partial charge in [-0.25, -0.2) is 9.67 Å². The summed E-state index contributed by atoms with van der Waals surface area (Å²) in [4.78, 5) is 17.1. The van der Waals surface area contributed by atoms with E-state index in [1.54, 1.807) is 11.8 Å². The van der Waals surface area contributed by atoms with Crippen LogP contribution in [0.1, 0.15) is 47.9 Å². The molecule has 0 atom stereocenters. The molecule has 1 saturated carbocycles. The Balaban J connectivity index is 1.45. The molecule has 0 aliphatic heterocycles. The van der Waals surface area contributed by atoms with Crippen molar-refractivity contribution in [3.63, 3.8) is 0 Å². The first-order valence-electron chi connectivity index (χ1n) is 9.70. The zero-order valence-electron chi connectivity index (χ0n) is 17.1. The first-order chi connectivity index (χ1) is 13.9. The normalized spacial score (nSPS) is 13.8. The fourth-order valence-corrected chi connectivity index (χ4v) is 4.08. The molecule has 154 valence electrons. The molecule has 4 rings (SSSR count). The second-order valence-corrected chi connectivity index (χ2v) is 7.84. The van der Waals surface area contributed by atoms with Crippen LogP contribution in [0, 0.1) is 18.6 Å². The Bertz CT molecular complexity index is 1140. The van der Waals surface area contributed by atoms with Crippen LogP contribution in [-0.4, -0.2) is 42.5 Å². The van der Waals surface area contributed by atoms with E-state index in [0.29, 0.717) is 36.1 Å². The maximum Gasteiger partial charge on any atom is 0.242 e. The average Bonchev–Trinajstić information content (AvgIpc) is 3.38. The van der Waals surface area contributed by atoms with Crippen LogP contribution in [0.3, 0.4) is 0 Å². The van der Waals surface area contributed by atoms with Crippen molar-refractivity contribution in [2.75, 3.05) is 7.11 Å². The summed E-state index contributed by atoms with van der Waals surface area (Å²) in [6.45, 7) is 4.36. The smallest absolute Gasteiger partial charge is 0.242 e. The van der Waals surface area contributed by atoms with E-state index >= 15 is 0 Å². The number of hydrogen-bond donors (Lipinski definition) is 2. The number of carbonyl (C=O) groups excluding carboxylic acids is 1. The van der Waals surface area contributed by atoms with Crippen LogP contribution < -0.4 is 10.1 Å². The molecule has 1 fully saturated rings. The van der Waals surface area contributed by atoms with Crippen molar-refractivity contribution in [2.24, 2.45) is 7.05 Å². The summed E-state index contributed by atoms with van der Waals surface area (Å²) >= 11 is 5.28. The Hall–Kier alpha value is -2.75. The third-order valence-electron chi connectivity index (χ3n) is 5.45. The second kappa shape index (κ2) is 7.58. The fourth-order valence-electron chi connectivity index (χ4n) is 3.78. The molecule has 0 radical (unpaired) electrons. The highest BCUT2D eigenvalue weighted by Gasteiger charge is 2.27. The number of aromatic amines is 1. The molecule has 10 heteroatoms. The van der Waals surface area contributed by atoms with Crippen molar-refractivity contribution in [1.82, 2.24) is 34.8 Å². The first-order valence-corrected chi connectivity index (χ1v) is 10.1. The Morgan fingerprint density at radius 3 is 2.83 bits per heavy atom. The van der Waals surface area contributed by atoms with Gasteiger partial charge in [-0.2, -0.15) is 5.10 Å². The zero-order valence-corrected chi connectivity index (χ0v) is 17.9. The highest BCUT2D eigenvalue weighted by Crippen LogP contribution is 2.35. The van der Waals surface area contributed by atoms with E-state index in [0.717, 1.165) is 46.5 Å². The lowest BCUT2D eigenvalue weighted by atomic mass is 10.00. The lowest BCUT2D eigenvalue weighted by molar-refractivity contribution is -0.121. The Kier molecular flexibility index (Phi) is 5.12. The molecular weight excluding hydrogens is 390 g/mol. The molecule has 0 aromatic carbocycles. The van der Waals surface area contributed by atoms with Crippen LogP contribution in [0.25, 0.3) is 11.0 Å². The van der Waals surface area contributed by atoms with Gasteiger partial charge in [-0.1, -0.05) is 0 Å². The molecule has 0 bridgehead atoms. The standard InChI is InChI=1S/C19H25N7O2S/c1-10-13(11(2)21-17-16(10)18(28-4)24-25(17)3)7-8-15(27)20-9-14-22-23-19(29)26(14)12-5-6-12/h12H,5-9H2,1-4H3,(H,20,27)(H,23,29). The summed E-state index contributed by atoms with van der Waals surface area (Å²) in [5.41, 5.74) is 3.80. The molecule has 9 nitrogen and oxygen atoms in total. The van der Waals surface area contributed by atoms with Gasteiger partial charge in [-0.15, -0.1) is 5.10 Å². The van der Waals surface area contributed by atoms with Gasteiger partial charge in [0, 0.05) is 25.2 Å². The van der Waals surface area contributed by atoms with Crippen LogP contribution in [0.5, 0.6) is 5.88 Å². The number of fused-ring (bicyclic) bond motifs is 1. The van der Waals surface area contributed by atoms with Gasteiger partial charge in [-0.3, -0.25) is 14.5 Å². The number of carbonyl (C=O) groups is 1. The van der Waals surface area contributed by atoms with Crippen LogP contribution in [0.15, 0.2) is 0 Å². The largest absolute Gasteiger partial charge is 0.479 e. The van der Waals surface area contributed by atoms with Gasteiger partial charge < -0.3 is 10.1 Å². The van der Waals surface area contributed by atoms with E-state index < -0.39 is 0 Å². The summed E-state index contributed by atoms with van der Waals surface area (Å²) in [5, 5.41) is 15.3. The minimum Gasteiger partial charge on any atom is -0.479 e. The summed E-state index contributed by atoms with van der Waals surface area (Å²) in [6.07, 6.45) is 3.19. The molecule has 3 aromatic rings. The van der Waals surface area contributed by atoms with Gasteiger partial charge >= 0.3 is 0 Å².